The highest BCUT2D eigenvalue weighted by molar-refractivity contribution is 7.99. The second kappa shape index (κ2) is 15.4. The van der Waals surface area contributed by atoms with Crippen molar-refractivity contribution >= 4 is 78.7 Å². The first-order chi connectivity index (χ1) is 26.4. The van der Waals surface area contributed by atoms with Crippen LogP contribution in [-0.4, -0.2) is 107 Å². The van der Waals surface area contributed by atoms with E-state index in [1.807, 2.05) is 20.8 Å². The van der Waals surface area contributed by atoms with Gasteiger partial charge in [-0.3, -0.25) is 5.32 Å². The van der Waals surface area contributed by atoms with Gasteiger partial charge in [0.1, 0.15) is 39.4 Å². The van der Waals surface area contributed by atoms with Crippen LogP contribution < -0.4 is 10.2 Å². The van der Waals surface area contributed by atoms with Crippen LogP contribution in [0.5, 0.6) is 0 Å². The topological polar surface area (TPSA) is 133 Å². The number of rotatable bonds is 6. The first-order valence-electron chi connectivity index (χ1n) is 18.4. The molecule has 298 valence electrons. The number of piperazine rings is 1. The number of benzene rings is 2. The maximum Gasteiger partial charge on any atom is 0.412 e. The van der Waals surface area contributed by atoms with Crippen molar-refractivity contribution in [1.29, 1.82) is 5.26 Å². The number of nitriles is 1. The van der Waals surface area contributed by atoms with E-state index in [0.717, 1.165) is 30.7 Å². The molecule has 3 aliphatic heterocycles. The van der Waals surface area contributed by atoms with Crippen molar-refractivity contribution in [1.82, 2.24) is 19.8 Å². The van der Waals surface area contributed by atoms with Gasteiger partial charge in [0.05, 0.1) is 40.6 Å². The van der Waals surface area contributed by atoms with Gasteiger partial charge in [0, 0.05) is 41.2 Å². The zero-order chi connectivity index (χ0) is 40.3. The van der Waals surface area contributed by atoms with E-state index in [1.54, 1.807) is 31.7 Å². The number of likely N-dealkylation sites (tertiary alicyclic amines) is 1. The molecule has 7 rings (SSSR count). The Bertz CT molecular complexity index is 2240. The number of hydrogen-bond acceptors (Lipinski definition) is 12. The van der Waals surface area contributed by atoms with Crippen molar-refractivity contribution in [2.45, 2.75) is 88.9 Å². The van der Waals surface area contributed by atoms with Crippen molar-refractivity contribution in [2.24, 2.45) is 0 Å². The molecule has 5 heterocycles. The van der Waals surface area contributed by atoms with Gasteiger partial charge in [-0.2, -0.15) is 5.26 Å². The van der Waals surface area contributed by atoms with Crippen LogP contribution in [0.3, 0.4) is 0 Å². The van der Waals surface area contributed by atoms with Crippen LogP contribution in [0.25, 0.3) is 32.1 Å². The minimum atomic E-state index is -0.825. The largest absolute Gasteiger partial charge is 0.444 e. The fraction of sp³-hybridized carbons (Fsp3) is 0.513. The summed E-state index contributed by atoms with van der Waals surface area (Å²) < 4.78 is 50.0. The highest BCUT2D eigenvalue weighted by atomic mass is 35.5. The third-order valence-corrected chi connectivity index (χ3v) is 12.3. The lowest BCUT2D eigenvalue weighted by Crippen LogP contribution is -2.66. The van der Waals surface area contributed by atoms with Crippen LogP contribution in [0.15, 0.2) is 23.4 Å². The van der Waals surface area contributed by atoms with Gasteiger partial charge in [-0.25, -0.2) is 28.3 Å². The molecule has 56 heavy (non-hydrogen) atoms. The molecule has 3 aliphatic rings. The molecule has 17 heteroatoms. The van der Waals surface area contributed by atoms with Crippen molar-refractivity contribution in [3.8, 4) is 17.2 Å². The number of amides is 2. The summed E-state index contributed by atoms with van der Waals surface area (Å²) in [6, 6.07) is 5.89. The normalized spacial score (nSPS) is 20.4. The molecule has 2 aromatic carbocycles. The molecule has 1 N–H and O–H groups in total. The third kappa shape index (κ3) is 8.06. The zero-order valence-corrected chi connectivity index (χ0v) is 34.7. The molecule has 2 bridgehead atoms. The summed E-state index contributed by atoms with van der Waals surface area (Å²) in [5.41, 5.74) is -1.46. The predicted molar refractivity (Wildman–Crippen MR) is 215 cm³/mol. The number of anilines is 2. The van der Waals surface area contributed by atoms with Gasteiger partial charge in [-0.05, 0) is 85.7 Å². The second-order valence-electron chi connectivity index (χ2n) is 16.3. The number of aromatic nitrogens is 2. The van der Waals surface area contributed by atoms with Crippen LogP contribution in [-0.2, 0) is 14.2 Å². The minimum Gasteiger partial charge on any atom is -0.444 e. The summed E-state index contributed by atoms with van der Waals surface area (Å²) in [6.45, 7) is 12.7. The van der Waals surface area contributed by atoms with Crippen molar-refractivity contribution in [3.63, 3.8) is 0 Å². The first kappa shape index (κ1) is 40.2. The molecular weight excluding hydrogens is 784 g/mol. The van der Waals surface area contributed by atoms with Crippen molar-refractivity contribution in [2.75, 3.05) is 55.9 Å². The summed E-state index contributed by atoms with van der Waals surface area (Å²) in [5, 5.41) is 13.8. The van der Waals surface area contributed by atoms with Crippen LogP contribution >= 0.6 is 34.7 Å². The Hall–Kier alpha value is -4.01. The lowest BCUT2D eigenvalue weighted by molar-refractivity contribution is -0.0107. The van der Waals surface area contributed by atoms with E-state index in [9.17, 15) is 14.9 Å². The Labute approximate surface area is 337 Å². The second-order valence-corrected chi connectivity index (χ2v) is 18.8. The molecule has 12 nitrogen and oxygen atoms in total. The molecule has 2 unspecified atom stereocenters. The van der Waals surface area contributed by atoms with Gasteiger partial charge in [0.25, 0.3) is 0 Å². The molecule has 0 saturated carbocycles. The maximum atomic E-state index is 17.5. The number of thioether (sulfide) groups is 1. The Morgan fingerprint density at radius 2 is 1.80 bits per heavy atom. The van der Waals surface area contributed by atoms with Gasteiger partial charge >= 0.3 is 12.2 Å². The number of fused-ring (bicyclic) bond motifs is 4. The molecule has 3 atom stereocenters. The Morgan fingerprint density at radius 3 is 2.43 bits per heavy atom. The number of carbonyl (C=O) groups excluding carboxylic acids is 2. The van der Waals surface area contributed by atoms with E-state index >= 15 is 8.78 Å². The summed E-state index contributed by atoms with van der Waals surface area (Å²) in [4.78, 5) is 41.8. The number of nitrogens with one attached hydrogen (secondary N) is 1. The number of thiophene rings is 1. The number of nitrogens with zero attached hydrogens (tertiary/aromatic N) is 6. The highest BCUT2D eigenvalue weighted by Crippen LogP contribution is 2.47. The molecule has 2 amide bonds. The van der Waals surface area contributed by atoms with Crippen LogP contribution in [0.4, 0.5) is 29.2 Å². The van der Waals surface area contributed by atoms with Gasteiger partial charge in [0.2, 0.25) is 0 Å². The lowest BCUT2D eigenvalue weighted by Gasteiger charge is -2.50. The van der Waals surface area contributed by atoms with Crippen LogP contribution in [0, 0.1) is 23.0 Å². The smallest absolute Gasteiger partial charge is 0.412 e. The molecule has 3 fully saturated rings. The van der Waals surface area contributed by atoms with E-state index in [0.29, 0.717) is 54.5 Å². The standard InChI is InChI=1S/C39H44ClF2N7O5S2/c1-38(2,3)53-36(50)46-34-25(14-43)28-23(10-11-27(41)32(28)56-34)29-26(40)13-24-31(30(29)42)44-35(55-19-20-9-8-12-47(20)7)45-33(24)49-21-15-48(16-22(49)18-52-17-21)37(51)54-39(4,5)6/h10-11,13,20-22H,8-9,12,15-19H2,1-7H3,(H,46,50)/t20-,21?,22?/m0/s1. The third-order valence-electron chi connectivity index (χ3n) is 9.87. The molecule has 0 spiro atoms. The summed E-state index contributed by atoms with van der Waals surface area (Å²) in [6.07, 6.45) is 0.872. The average molecular weight is 828 g/mol. The molecule has 0 radical (unpaired) electrons. The SMILES string of the molecule is CN1CCC[C@H]1CSc1nc(N2C3COCC2CN(C(=O)OC(C)(C)C)C3)c2cc(Cl)c(-c3ccc(F)c4sc(NC(=O)OC(C)(C)C)c(C#N)c34)c(F)c2n1. The fourth-order valence-electron chi connectivity index (χ4n) is 7.48. The van der Waals surface area contributed by atoms with Crippen LogP contribution in [0.2, 0.25) is 5.02 Å². The quantitative estimate of drug-likeness (QED) is 0.148. The molecule has 4 aromatic rings. The number of carbonyl (C=O) groups is 2. The number of ether oxygens (including phenoxy) is 3. The van der Waals surface area contributed by atoms with Crippen LogP contribution in [0.1, 0.15) is 59.9 Å². The Kier molecular flexibility index (Phi) is 11.0. The van der Waals surface area contributed by atoms with E-state index in [1.165, 1.54) is 23.9 Å². The van der Waals surface area contributed by atoms with Gasteiger partial charge in [0.15, 0.2) is 11.0 Å². The Balaban J connectivity index is 1.36. The number of morpholine rings is 1. The Morgan fingerprint density at radius 1 is 1.11 bits per heavy atom. The van der Waals surface area contributed by atoms with Crippen molar-refractivity contribution in [3.05, 3.63) is 40.4 Å². The van der Waals surface area contributed by atoms with E-state index in [-0.39, 0.29) is 54.4 Å². The molecular formula is C39H44ClF2N7O5S2. The highest BCUT2D eigenvalue weighted by Gasteiger charge is 2.43. The molecule has 2 aromatic heterocycles. The summed E-state index contributed by atoms with van der Waals surface area (Å²) in [7, 11) is 2.09. The first-order valence-corrected chi connectivity index (χ1v) is 20.6. The monoisotopic (exact) mass is 827 g/mol. The zero-order valence-electron chi connectivity index (χ0n) is 32.3. The fourth-order valence-corrected chi connectivity index (χ4v) is 9.92. The lowest BCUT2D eigenvalue weighted by atomic mass is 9.96. The summed E-state index contributed by atoms with van der Waals surface area (Å²) >= 11 is 9.31. The van der Waals surface area contributed by atoms with E-state index in [2.05, 4.69) is 28.2 Å². The van der Waals surface area contributed by atoms with E-state index < -0.39 is 35.0 Å². The van der Waals surface area contributed by atoms with Gasteiger partial charge in [-0.15, -0.1) is 11.3 Å². The molecule has 3 saturated heterocycles. The number of hydrogen-bond donors (Lipinski definition) is 1. The predicted octanol–water partition coefficient (Wildman–Crippen LogP) is 8.67. The van der Waals surface area contributed by atoms with Crippen molar-refractivity contribution < 1.29 is 32.6 Å². The molecule has 0 aliphatic carbocycles. The summed E-state index contributed by atoms with van der Waals surface area (Å²) in [5.74, 6) is -0.264. The van der Waals surface area contributed by atoms with Gasteiger partial charge < -0.3 is 28.9 Å². The van der Waals surface area contributed by atoms with E-state index in [4.69, 9.17) is 35.8 Å². The maximum absolute atomic E-state index is 17.5. The van der Waals surface area contributed by atoms with Gasteiger partial charge in [-0.1, -0.05) is 29.4 Å². The number of halogens is 3. The minimum absolute atomic E-state index is 0.00329. The average Bonchev–Trinajstić information content (AvgIpc) is 3.68.